The summed E-state index contributed by atoms with van der Waals surface area (Å²) in [6.07, 6.45) is 4.97. The lowest BCUT2D eigenvalue weighted by molar-refractivity contribution is 0.0931. The fourth-order valence-electron chi connectivity index (χ4n) is 2.84. The number of aromatic nitrogens is 2. The van der Waals surface area contributed by atoms with Crippen molar-refractivity contribution in [2.45, 2.75) is 31.2 Å². The zero-order valence-electron chi connectivity index (χ0n) is 12.2. The van der Waals surface area contributed by atoms with Gasteiger partial charge in [-0.3, -0.25) is 4.79 Å². The van der Waals surface area contributed by atoms with Gasteiger partial charge in [-0.25, -0.2) is 4.98 Å². The molecule has 2 fully saturated rings. The largest absolute Gasteiger partial charge is 0.360 e. The van der Waals surface area contributed by atoms with E-state index in [1.54, 1.807) is 12.3 Å². The van der Waals surface area contributed by atoms with E-state index in [9.17, 15) is 4.79 Å². The zero-order valence-corrected chi connectivity index (χ0v) is 12.2. The molecular weight excluding hydrogens is 280 g/mol. The first kappa shape index (κ1) is 13.3. The van der Waals surface area contributed by atoms with Crippen LogP contribution in [0.5, 0.6) is 0 Å². The summed E-state index contributed by atoms with van der Waals surface area (Å²) in [5.74, 6) is 2.12. The summed E-state index contributed by atoms with van der Waals surface area (Å²) in [7, 11) is 0. The van der Waals surface area contributed by atoms with Crippen molar-refractivity contribution < 1.29 is 9.32 Å². The zero-order chi connectivity index (χ0) is 14.9. The number of carbonyl (C=O) groups excluding carboxylic acids is 1. The minimum absolute atomic E-state index is 0.121. The number of pyridine rings is 1. The average molecular weight is 298 g/mol. The van der Waals surface area contributed by atoms with Gasteiger partial charge in [-0.1, -0.05) is 11.2 Å². The summed E-state index contributed by atoms with van der Waals surface area (Å²) in [6.45, 7) is 1.67. The molecule has 6 nitrogen and oxygen atoms in total. The maximum absolute atomic E-state index is 12.2. The molecule has 0 bridgehead atoms. The Labute approximate surface area is 128 Å². The van der Waals surface area contributed by atoms with Gasteiger partial charge in [0.1, 0.15) is 11.6 Å². The lowest BCUT2D eigenvalue weighted by atomic mass is 10.2. The molecule has 22 heavy (non-hydrogen) atoms. The van der Waals surface area contributed by atoms with Crippen molar-refractivity contribution in [3.8, 4) is 0 Å². The first-order valence-corrected chi connectivity index (χ1v) is 7.73. The average Bonchev–Trinajstić information content (AvgIpc) is 3.10. The van der Waals surface area contributed by atoms with Crippen LogP contribution in [-0.4, -0.2) is 35.2 Å². The molecule has 1 amide bonds. The van der Waals surface area contributed by atoms with E-state index >= 15 is 0 Å². The second kappa shape index (κ2) is 5.44. The van der Waals surface area contributed by atoms with E-state index in [0.717, 1.165) is 43.9 Å². The standard InChI is InChI=1S/C16H18N4O2/c21-16(13-9-14(22-19-13)11-4-5-11)18-12-6-8-20(10-12)15-3-1-2-7-17-15/h1-3,7,9,11-12H,4-6,8,10H2,(H,18,21)/t12-/m1/s1. The van der Waals surface area contributed by atoms with E-state index in [1.165, 1.54) is 0 Å². The SMILES string of the molecule is O=C(N[C@@H]1CCN(c2ccccn2)C1)c1cc(C2CC2)on1. The fourth-order valence-corrected chi connectivity index (χ4v) is 2.84. The van der Waals surface area contributed by atoms with Gasteiger partial charge in [-0.2, -0.15) is 0 Å². The van der Waals surface area contributed by atoms with Gasteiger partial charge in [-0.05, 0) is 31.4 Å². The maximum Gasteiger partial charge on any atom is 0.273 e. The Morgan fingerprint density at radius 2 is 2.23 bits per heavy atom. The maximum atomic E-state index is 12.2. The van der Waals surface area contributed by atoms with Gasteiger partial charge < -0.3 is 14.7 Å². The van der Waals surface area contributed by atoms with Crippen LogP contribution >= 0.6 is 0 Å². The number of rotatable bonds is 4. The van der Waals surface area contributed by atoms with E-state index in [0.29, 0.717) is 11.6 Å². The summed E-state index contributed by atoms with van der Waals surface area (Å²) < 4.78 is 5.23. The molecule has 2 aliphatic rings. The molecule has 0 aromatic carbocycles. The van der Waals surface area contributed by atoms with Crippen molar-refractivity contribution in [2.75, 3.05) is 18.0 Å². The van der Waals surface area contributed by atoms with Crippen molar-refractivity contribution >= 4 is 11.7 Å². The predicted molar refractivity (Wildman–Crippen MR) is 80.8 cm³/mol. The Bertz CT molecular complexity index is 666. The Morgan fingerprint density at radius 1 is 1.32 bits per heavy atom. The molecule has 3 heterocycles. The highest BCUT2D eigenvalue weighted by Crippen LogP contribution is 2.40. The van der Waals surface area contributed by atoms with Gasteiger partial charge >= 0.3 is 0 Å². The highest BCUT2D eigenvalue weighted by Gasteiger charge is 2.30. The van der Waals surface area contributed by atoms with E-state index in [1.807, 2.05) is 18.2 Å². The third-order valence-electron chi connectivity index (χ3n) is 4.24. The van der Waals surface area contributed by atoms with Gasteiger partial charge in [0.25, 0.3) is 5.91 Å². The Hall–Kier alpha value is -2.37. The summed E-state index contributed by atoms with van der Waals surface area (Å²) in [5.41, 5.74) is 0.387. The van der Waals surface area contributed by atoms with Crippen LogP contribution < -0.4 is 10.2 Å². The van der Waals surface area contributed by atoms with Crippen LogP contribution in [0, 0.1) is 0 Å². The molecule has 1 N–H and O–H groups in total. The topological polar surface area (TPSA) is 71.3 Å². The number of amides is 1. The van der Waals surface area contributed by atoms with Crippen LogP contribution in [0.1, 0.15) is 41.4 Å². The summed E-state index contributed by atoms with van der Waals surface area (Å²) >= 11 is 0. The van der Waals surface area contributed by atoms with Crippen molar-refractivity contribution in [1.82, 2.24) is 15.5 Å². The summed E-state index contributed by atoms with van der Waals surface area (Å²) in [6, 6.07) is 7.77. The van der Waals surface area contributed by atoms with Gasteiger partial charge in [0.2, 0.25) is 0 Å². The number of anilines is 1. The number of nitrogens with one attached hydrogen (secondary N) is 1. The normalized spacial score (nSPS) is 21.1. The number of carbonyl (C=O) groups is 1. The Kier molecular flexibility index (Phi) is 3.29. The third kappa shape index (κ3) is 2.68. The van der Waals surface area contributed by atoms with E-state index in [2.05, 4.69) is 20.4 Å². The molecule has 114 valence electrons. The molecule has 1 aliphatic heterocycles. The fraction of sp³-hybridized carbons (Fsp3) is 0.438. The first-order valence-electron chi connectivity index (χ1n) is 7.73. The van der Waals surface area contributed by atoms with Crippen molar-refractivity contribution in [3.63, 3.8) is 0 Å². The molecule has 2 aromatic rings. The van der Waals surface area contributed by atoms with E-state index in [4.69, 9.17) is 4.52 Å². The van der Waals surface area contributed by atoms with Crippen molar-refractivity contribution in [1.29, 1.82) is 0 Å². The van der Waals surface area contributed by atoms with Crippen LogP contribution in [0.25, 0.3) is 0 Å². The molecule has 2 aromatic heterocycles. The number of nitrogens with zero attached hydrogens (tertiary/aromatic N) is 3. The van der Waals surface area contributed by atoms with Gasteiger partial charge in [0, 0.05) is 37.3 Å². The second-order valence-corrected chi connectivity index (χ2v) is 5.98. The molecule has 0 spiro atoms. The number of hydrogen-bond donors (Lipinski definition) is 1. The van der Waals surface area contributed by atoms with Gasteiger partial charge in [-0.15, -0.1) is 0 Å². The van der Waals surface area contributed by atoms with Crippen molar-refractivity contribution in [3.05, 3.63) is 41.9 Å². The second-order valence-electron chi connectivity index (χ2n) is 5.98. The van der Waals surface area contributed by atoms with Gasteiger partial charge in [0.05, 0.1) is 0 Å². The Balaban J connectivity index is 1.36. The minimum atomic E-state index is -0.150. The van der Waals surface area contributed by atoms with Gasteiger partial charge in [0.15, 0.2) is 5.69 Å². The highest BCUT2D eigenvalue weighted by atomic mass is 16.5. The van der Waals surface area contributed by atoms with Crippen LogP contribution in [0.2, 0.25) is 0 Å². The molecule has 0 unspecified atom stereocenters. The van der Waals surface area contributed by atoms with E-state index < -0.39 is 0 Å². The molecule has 1 saturated carbocycles. The molecule has 1 atom stereocenters. The van der Waals surface area contributed by atoms with Crippen molar-refractivity contribution in [2.24, 2.45) is 0 Å². The molecule has 1 aliphatic carbocycles. The number of hydrogen-bond acceptors (Lipinski definition) is 5. The van der Waals surface area contributed by atoms with Crippen LogP contribution in [0.3, 0.4) is 0 Å². The van der Waals surface area contributed by atoms with E-state index in [-0.39, 0.29) is 11.9 Å². The summed E-state index contributed by atoms with van der Waals surface area (Å²) in [5, 5.41) is 6.92. The summed E-state index contributed by atoms with van der Waals surface area (Å²) in [4.78, 5) is 18.8. The Morgan fingerprint density at radius 3 is 3.00 bits per heavy atom. The lowest BCUT2D eigenvalue weighted by Crippen LogP contribution is -2.37. The van der Waals surface area contributed by atoms with Crippen LogP contribution in [-0.2, 0) is 0 Å². The molecule has 1 saturated heterocycles. The first-order chi connectivity index (χ1) is 10.8. The lowest BCUT2D eigenvalue weighted by Gasteiger charge is -2.17. The molecule has 6 heteroatoms. The molecule has 0 radical (unpaired) electrons. The highest BCUT2D eigenvalue weighted by molar-refractivity contribution is 5.92. The quantitative estimate of drug-likeness (QED) is 0.934. The van der Waals surface area contributed by atoms with Crippen LogP contribution in [0.4, 0.5) is 5.82 Å². The monoisotopic (exact) mass is 298 g/mol. The predicted octanol–water partition coefficient (Wildman–Crippen LogP) is 1.96. The smallest absolute Gasteiger partial charge is 0.273 e. The minimum Gasteiger partial charge on any atom is -0.360 e. The third-order valence-corrected chi connectivity index (χ3v) is 4.24. The molecule has 4 rings (SSSR count). The van der Waals surface area contributed by atoms with Crippen LogP contribution in [0.15, 0.2) is 35.0 Å². The molecular formula is C16H18N4O2.